The second kappa shape index (κ2) is 15.0. The van der Waals surface area contributed by atoms with Gasteiger partial charge < -0.3 is 20.7 Å². The normalized spacial score (nSPS) is 13.1. The molecule has 39 heavy (non-hydrogen) atoms. The van der Waals surface area contributed by atoms with Crippen molar-refractivity contribution in [2.24, 2.45) is 10.9 Å². The molecule has 0 radical (unpaired) electrons. The topological polar surface area (TPSA) is 145 Å². The number of halogens is 2. The highest BCUT2D eigenvalue weighted by atomic mass is 32.2. The van der Waals surface area contributed by atoms with Gasteiger partial charge in [-0.25, -0.2) is 27.1 Å². The number of hydrogen-bond donors (Lipinski definition) is 3. The average molecular weight is 569 g/mol. The van der Waals surface area contributed by atoms with E-state index in [2.05, 4.69) is 5.32 Å². The van der Waals surface area contributed by atoms with Gasteiger partial charge in [0, 0.05) is 43.9 Å². The van der Waals surface area contributed by atoms with Crippen LogP contribution in [-0.4, -0.2) is 69.3 Å². The Balaban J connectivity index is 2.26. The second-order valence-corrected chi connectivity index (χ2v) is 11.3. The lowest BCUT2D eigenvalue weighted by molar-refractivity contribution is 0.0240. The van der Waals surface area contributed by atoms with Crippen LogP contribution >= 0.6 is 0 Å². The number of sulfonamides is 1. The van der Waals surface area contributed by atoms with Crippen LogP contribution in [0.4, 0.5) is 8.78 Å². The van der Waals surface area contributed by atoms with Gasteiger partial charge in [0.05, 0.1) is 11.3 Å². The van der Waals surface area contributed by atoms with Crippen LogP contribution in [0.2, 0.25) is 0 Å². The van der Waals surface area contributed by atoms with E-state index in [4.69, 9.17) is 15.6 Å². The van der Waals surface area contributed by atoms with Crippen molar-refractivity contribution in [2.45, 2.75) is 52.2 Å². The molecule has 5 N–H and O–H groups in total. The van der Waals surface area contributed by atoms with Gasteiger partial charge in [-0.15, -0.1) is 0 Å². The summed E-state index contributed by atoms with van der Waals surface area (Å²) in [6.07, 6.45) is 0.560. The van der Waals surface area contributed by atoms with E-state index >= 15 is 0 Å². The summed E-state index contributed by atoms with van der Waals surface area (Å²) in [5, 5.41) is 7.88. The molecular weight excluding hydrogens is 530 g/mol. The fourth-order valence-electron chi connectivity index (χ4n) is 4.14. The zero-order valence-electron chi connectivity index (χ0n) is 22.6. The molecule has 2 aromatic rings. The van der Waals surface area contributed by atoms with Crippen LogP contribution in [0.1, 0.15) is 58.5 Å². The quantitative estimate of drug-likeness (QED) is 0.221. The molecule has 0 aliphatic rings. The predicted molar refractivity (Wildman–Crippen MR) is 146 cm³/mol. The number of amides is 1. The standard InChI is InChI=1S/C27H38F2N4O5S/c1-4-7-33(8-5-2)26(34)20-10-18(3)11-21(15-20)27(35)38-25(17-32-6-9-39(31,36)37)24(30)14-19-12-22(28)16-23(29)13-19/h10-13,15-16,24-25,32H,4-9,14,17,30H2,1-3H3,(H2,31,36,37). The van der Waals surface area contributed by atoms with Crippen molar-refractivity contribution in [2.75, 3.05) is 31.9 Å². The number of carbonyl (C=O) groups excluding carboxylic acids is 2. The van der Waals surface area contributed by atoms with Crippen LogP contribution < -0.4 is 16.2 Å². The van der Waals surface area contributed by atoms with Gasteiger partial charge >= 0.3 is 5.97 Å². The summed E-state index contributed by atoms with van der Waals surface area (Å²) in [5.41, 5.74) is 7.74. The summed E-state index contributed by atoms with van der Waals surface area (Å²) in [5.74, 6) is -2.83. The third-order valence-electron chi connectivity index (χ3n) is 5.87. The molecule has 216 valence electrons. The third kappa shape index (κ3) is 11.0. The van der Waals surface area contributed by atoms with Crippen molar-refractivity contribution in [3.63, 3.8) is 0 Å². The molecule has 2 unspecified atom stereocenters. The van der Waals surface area contributed by atoms with E-state index in [0.717, 1.165) is 31.0 Å². The van der Waals surface area contributed by atoms with Gasteiger partial charge in [0.2, 0.25) is 10.0 Å². The summed E-state index contributed by atoms with van der Waals surface area (Å²) in [4.78, 5) is 28.0. The van der Waals surface area contributed by atoms with E-state index in [9.17, 15) is 26.8 Å². The first-order valence-electron chi connectivity index (χ1n) is 12.9. The Hall–Kier alpha value is -2.93. The Bertz CT molecular complexity index is 1220. The van der Waals surface area contributed by atoms with Crippen molar-refractivity contribution in [1.82, 2.24) is 10.2 Å². The summed E-state index contributed by atoms with van der Waals surface area (Å²) < 4.78 is 55.6. The summed E-state index contributed by atoms with van der Waals surface area (Å²) in [6, 6.07) is 6.86. The number of nitrogens with two attached hydrogens (primary N) is 2. The number of primary sulfonamides is 1. The van der Waals surface area contributed by atoms with Crippen molar-refractivity contribution in [1.29, 1.82) is 0 Å². The van der Waals surface area contributed by atoms with Crippen molar-refractivity contribution in [3.8, 4) is 0 Å². The van der Waals surface area contributed by atoms with E-state index in [1.807, 2.05) is 13.8 Å². The summed E-state index contributed by atoms with van der Waals surface area (Å²) >= 11 is 0. The first kappa shape index (κ1) is 32.3. The molecule has 0 saturated carbocycles. The van der Waals surface area contributed by atoms with Crippen LogP contribution in [0.5, 0.6) is 0 Å². The molecule has 2 atom stereocenters. The van der Waals surface area contributed by atoms with Crippen LogP contribution in [0.15, 0.2) is 36.4 Å². The molecule has 9 nitrogen and oxygen atoms in total. The molecule has 0 bridgehead atoms. The number of esters is 1. The minimum absolute atomic E-state index is 0.0238. The van der Waals surface area contributed by atoms with E-state index in [1.54, 1.807) is 24.0 Å². The molecule has 0 spiro atoms. The number of rotatable bonds is 15. The maximum atomic E-state index is 13.7. The highest BCUT2D eigenvalue weighted by Gasteiger charge is 2.25. The Labute approximate surface area is 228 Å². The number of aryl methyl sites for hydroxylation is 1. The SMILES string of the molecule is CCCN(CCC)C(=O)c1cc(C)cc(C(=O)OC(CNCCS(N)(=O)=O)C(N)Cc2cc(F)cc(F)c2)c1. The maximum Gasteiger partial charge on any atom is 0.338 e. The third-order valence-corrected chi connectivity index (χ3v) is 6.65. The minimum atomic E-state index is -3.72. The molecule has 2 rings (SSSR count). The van der Waals surface area contributed by atoms with Gasteiger partial charge in [-0.2, -0.15) is 0 Å². The minimum Gasteiger partial charge on any atom is -0.456 e. The molecule has 0 aliphatic heterocycles. The zero-order valence-corrected chi connectivity index (χ0v) is 23.4. The lowest BCUT2D eigenvalue weighted by Gasteiger charge is -2.25. The molecule has 0 aromatic heterocycles. The first-order valence-corrected chi connectivity index (χ1v) is 14.6. The van der Waals surface area contributed by atoms with Crippen LogP contribution in [0, 0.1) is 18.6 Å². The van der Waals surface area contributed by atoms with E-state index in [1.165, 1.54) is 6.07 Å². The summed E-state index contributed by atoms with van der Waals surface area (Å²) in [7, 11) is -3.72. The molecule has 2 aromatic carbocycles. The Morgan fingerprint density at radius 2 is 1.59 bits per heavy atom. The molecule has 0 aliphatic carbocycles. The highest BCUT2D eigenvalue weighted by molar-refractivity contribution is 7.89. The number of nitrogens with one attached hydrogen (secondary N) is 1. The fourth-order valence-corrected chi connectivity index (χ4v) is 4.57. The number of carbonyl (C=O) groups is 2. The fraction of sp³-hybridized carbons (Fsp3) is 0.481. The van der Waals surface area contributed by atoms with Gasteiger partial charge in [-0.1, -0.05) is 13.8 Å². The predicted octanol–water partition coefficient (Wildman–Crippen LogP) is 2.51. The number of benzene rings is 2. The van der Waals surface area contributed by atoms with Crippen LogP contribution in [-0.2, 0) is 21.2 Å². The lowest BCUT2D eigenvalue weighted by atomic mass is 10.0. The van der Waals surface area contributed by atoms with Crippen molar-refractivity contribution < 1.29 is 31.5 Å². The van der Waals surface area contributed by atoms with Crippen molar-refractivity contribution in [3.05, 3.63) is 70.3 Å². The zero-order chi connectivity index (χ0) is 29.2. The van der Waals surface area contributed by atoms with Crippen LogP contribution in [0.3, 0.4) is 0 Å². The molecule has 0 fully saturated rings. The number of nitrogens with zero attached hydrogens (tertiary/aromatic N) is 1. The highest BCUT2D eigenvalue weighted by Crippen LogP contribution is 2.17. The Morgan fingerprint density at radius 3 is 2.15 bits per heavy atom. The van der Waals surface area contributed by atoms with E-state index in [0.29, 0.717) is 24.2 Å². The van der Waals surface area contributed by atoms with E-state index < -0.39 is 39.8 Å². The van der Waals surface area contributed by atoms with Gasteiger partial charge in [0.15, 0.2) is 0 Å². The number of ether oxygens (including phenoxy) is 1. The smallest absolute Gasteiger partial charge is 0.338 e. The van der Waals surface area contributed by atoms with Gasteiger partial charge in [-0.05, 0) is 67.6 Å². The van der Waals surface area contributed by atoms with Gasteiger partial charge in [0.1, 0.15) is 17.7 Å². The molecule has 12 heteroatoms. The lowest BCUT2D eigenvalue weighted by Crippen LogP contribution is -2.46. The largest absolute Gasteiger partial charge is 0.456 e. The maximum absolute atomic E-state index is 13.7. The average Bonchev–Trinajstić information content (AvgIpc) is 2.83. The van der Waals surface area contributed by atoms with Crippen LogP contribution in [0.25, 0.3) is 0 Å². The van der Waals surface area contributed by atoms with Crippen molar-refractivity contribution >= 4 is 21.9 Å². The monoisotopic (exact) mass is 568 g/mol. The summed E-state index contributed by atoms with van der Waals surface area (Å²) in [6.45, 7) is 6.82. The number of hydrogen-bond acceptors (Lipinski definition) is 7. The Morgan fingerprint density at radius 1 is 1.00 bits per heavy atom. The van der Waals surface area contributed by atoms with Gasteiger partial charge in [0.25, 0.3) is 5.91 Å². The first-order chi connectivity index (χ1) is 18.3. The Kier molecular flexibility index (Phi) is 12.4. The molecule has 1 amide bonds. The molecular formula is C27H38F2N4O5S. The molecule has 0 heterocycles. The second-order valence-electron chi connectivity index (χ2n) is 9.54. The molecule has 0 saturated heterocycles. The van der Waals surface area contributed by atoms with Gasteiger partial charge in [-0.3, -0.25) is 4.79 Å². The van der Waals surface area contributed by atoms with E-state index in [-0.39, 0.29) is 42.3 Å².